The van der Waals surface area contributed by atoms with Gasteiger partial charge in [-0.2, -0.15) is 0 Å². The van der Waals surface area contributed by atoms with Crippen molar-refractivity contribution in [3.05, 3.63) is 29.3 Å². The van der Waals surface area contributed by atoms with Crippen molar-refractivity contribution in [2.24, 2.45) is 0 Å². The summed E-state index contributed by atoms with van der Waals surface area (Å²) in [7, 11) is 1.86. The average molecular weight is 235 g/mol. The van der Waals surface area contributed by atoms with Gasteiger partial charge in [-0.25, -0.2) is 0 Å². The number of hydrogen-bond donors (Lipinski definition) is 2. The SMILES string of the molecule is CNCC(C)(O)CCc1ccc2c(c1)CCO2. The highest BCUT2D eigenvalue weighted by atomic mass is 16.5. The summed E-state index contributed by atoms with van der Waals surface area (Å²) in [6, 6.07) is 6.35. The molecule has 0 saturated heterocycles. The second-order valence-electron chi connectivity index (χ2n) is 5.07. The third kappa shape index (κ3) is 3.20. The van der Waals surface area contributed by atoms with Gasteiger partial charge < -0.3 is 15.2 Å². The zero-order valence-electron chi connectivity index (χ0n) is 10.6. The highest BCUT2D eigenvalue weighted by Crippen LogP contribution is 2.26. The van der Waals surface area contributed by atoms with E-state index in [2.05, 4.69) is 17.4 Å². The number of ether oxygens (including phenoxy) is 1. The molecule has 1 unspecified atom stereocenters. The molecule has 0 fully saturated rings. The lowest BCUT2D eigenvalue weighted by molar-refractivity contribution is 0.0531. The quantitative estimate of drug-likeness (QED) is 0.813. The van der Waals surface area contributed by atoms with Crippen LogP contribution in [0.15, 0.2) is 18.2 Å². The Morgan fingerprint density at radius 3 is 3.06 bits per heavy atom. The second-order valence-corrected chi connectivity index (χ2v) is 5.07. The minimum Gasteiger partial charge on any atom is -0.493 e. The summed E-state index contributed by atoms with van der Waals surface area (Å²) in [6.45, 7) is 3.30. The Balaban J connectivity index is 1.95. The number of benzene rings is 1. The van der Waals surface area contributed by atoms with Crippen LogP contribution in [0.2, 0.25) is 0 Å². The first-order valence-electron chi connectivity index (χ1n) is 6.22. The van der Waals surface area contributed by atoms with Crippen LogP contribution < -0.4 is 10.1 Å². The number of aliphatic hydroxyl groups is 1. The van der Waals surface area contributed by atoms with E-state index in [1.807, 2.05) is 20.0 Å². The van der Waals surface area contributed by atoms with Crippen LogP contribution in [0.1, 0.15) is 24.5 Å². The van der Waals surface area contributed by atoms with Crippen LogP contribution in [0.4, 0.5) is 0 Å². The second kappa shape index (κ2) is 5.07. The van der Waals surface area contributed by atoms with Crippen molar-refractivity contribution in [1.29, 1.82) is 0 Å². The molecule has 0 saturated carbocycles. The standard InChI is InChI=1S/C14H21NO2/c1-14(16,10-15-2)7-5-11-3-4-13-12(9-11)6-8-17-13/h3-4,9,15-16H,5-8,10H2,1-2H3. The third-order valence-electron chi connectivity index (χ3n) is 3.26. The fourth-order valence-corrected chi connectivity index (χ4v) is 2.28. The number of hydrogen-bond acceptors (Lipinski definition) is 3. The summed E-state index contributed by atoms with van der Waals surface area (Å²) in [6.07, 6.45) is 2.69. The molecule has 2 rings (SSSR count). The molecule has 0 spiro atoms. The van der Waals surface area contributed by atoms with Crippen molar-refractivity contribution >= 4 is 0 Å². The fourth-order valence-electron chi connectivity index (χ4n) is 2.28. The maximum Gasteiger partial charge on any atom is 0.122 e. The van der Waals surface area contributed by atoms with Crippen LogP contribution in [0.25, 0.3) is 0 Å². The van der Waals surface area contributed by atoms with Crippen LogP contribution in [-0.2, 0) is 12.8 Å². The van der Waals surface area contributed by atoms with E-state index in [4.69, 9.17) is 4.74 Å². The van der Waals surface area contributed by atoms with Gasteiger partial charge in [0.2, 0.25) is 0 Å². The first kappa shape index (κ1) is 12.4. The lowest BCUT2D eigenvalue weighted by Gasteiger charge is -2.22. The van der Waals surface area contributed by atoms with E-state index < -0.39 is 5.60 Å². The molecule has 0 bridgehead atoms. The van der Waals surface area contributed by atoms with E-state index in [1.54, 1.807) is 0 Å². The number of rotatable bonds is 5. The largest absolute Gasteiger partial charge is 0.493 e. The number of likely N-dealkylation sites (N-methyl/N-ethyl adjacent to an activating group) is 1. The van der Waals surface area contributed by atoms with Gasteiger partial charge in [0.1, 0.15) is 5.75 Å². The number of nitrogens with one attached hydrogen (secondary N) is 1. The summed E-state index contributed by atoms with van der Waals surface area (Å²) < 4.78 is 5.48. The Morgan fingerprint density at radius 2 is 2.29 bits per heavy atom. The minimum atomic E-state index is -0.635. The third-order valence-corrected chi connectivity index (χ3v) is 3.26. The molecule has 1 atom stereocenters. The van der Waals surface area contributed by atoms with Crippen molar-refractivity contribution in [2.75, 3.05) is 20.2 Å². The smallest absolute Gasteiger partial charge is 0.122 e. The summed E-state index contributed by atoms with van der Waals surface area (Å²) >= 11 is 0. The zero-order valence-corrected chi connectivity index (χ0v) is 10.6. The van der Waals surface area contributed by atoms with Crippen molar-refractivity contribution in [3.8, 4) is 5.75 Å². The van der Waals surface area contributed by atoms with Gasteiger partial charge in [-0.05, 0) is 44.0 Å². The topological polar surface area (TPSA) is 41.5 Å². The molecule has 3 nitrogen and oxygen atoms in total. The van der Waals surface area contributed by atoms with Gasteiger partial charge in [-0.3, -0.25) is 0 Å². The molecule has 0 amide bonds. The number of fused-ring (bicyclic) bond motifs is 1. The minimum absolute atomic E-state index is 0.626. The van der Waals surface area contributed by atoms with E-state index in [1.165, 1.54) is 11.1 Å². The molecule has 0 aliphatic carbocycles. The Bertz CT molecular complexity index is 388. The fraction of sp³-hybridized carbons (Fsp3) is 0.571. The molecular formula is C14H21NO2. The lowest BCUT2D eigenvalue weighted by atomic mass is 9.95. The molecule has 1 aromatic rings. The molecule has 0 radical (unpaired) electrons. The Morgan fingerprint density at radius 1 is 1.47 bits per heavy atom. The van der Waals surface area contributed by atoms with Crippen molar-refractivity contribution in [3.63, 3.8) is 0 Å². The number of aryl methyl sites for hydroxylation is 1. The monoisotopic (exact) mass is 235 g/mol. The maximum absolute atomic E-state index is 10.1. The highest BCUT2D eigenvalue weighted by molar-refractivity contribution is 5.39. The predicted molar refractivity (Wildman–Crippen MR) is 68.5 cm³/mol. The summed E-state index contributed by atoms with van der Waals surface area (Å²) in [5, 5.41) is 13.1. The molecule has 1 aliphatic heterocycles. The van der Waals surface area contributed by atoms with Crippen LogP contribution in [0, 0.1) is 0 Å². The van der Waals surface area contributed by atoms with Crippen LogP contribution in [-0.4, -0.2) is 30.9 Å². The predicted octanol–water partition coefficient (Wildman–Crippen LogP) is 1.52. The van der Waals surface area contributed by atoms with E-state index >= 15 is 0 Å². The van der Waals surface area contributed by atoms with E-state index in [9.17, 15) is 5.11 Å². The Hall–Kier alpha value is -1.06. The van der Waals surface area contributed by atoms with Crippen LogP contribution >= 0.6 is 0 Å². The maximum atomic E-state index is 10.1. The first-order chi connectivity index (χ1) is 8.11. The summed E-state index contributed by atoms with van der Waals surface area (Å²) in [5.41, 5.74) is 1.95. The van der Waals surface area contributed by atoms with Gasteiger partial charge in [-0.15, -0.1) is 0 Å². The van der Waals surface area contributed by atoms with Gasteiger partial charge >= 0.3 is 0 Å². The normalized spacial score (nSPS) is 17.4. The first-order valence-corrected chi connectivity index (χ1v) is 6.22. The molecule has 2 N–H and O–H groups in total. The summed E-state index contributed by atoms with van der Waals surface area (Å²) in [5.74, 6) is 1.02. The Labute approximate surface area is 103 Å². The van der Waals surface area contributed by atoms with Crippen molar-refractivity contribution < 1.29 is 9.84 Å². The van der Waals surface area contributed by atoms with Crippen molar-refractivity contribution in [2.45, 2.75) is 31.8 Å². The molecule has 3 heteroatoms. The van der Waals surface area contributed by atoms with E-state index in [0.717, 1.165) is 31.6 Å². The van der Waals surface area contributed by atoms with Gasteiger partial charge in [0.25, 0.3) is 0 Å². The summed E-state index contributed by atoms with van der Waals surface area (Å²) in [4.78, 5) is 0. The molecule has 94 valence electrons. The molecule has 1 heterocycles. The molecule has 0 aromatic heterocycles. The Kier molecular flexibility index (Phi) is 3.69. The molecular weight excluding hydrogens is 214 g/mol. The van der Waals surface area contributed by atoms with Gasteiger partial charge in [-0.1, -0.05) is 12.1 Å². The van der Waals surface area contributed by atoms with Gasteiger partial charge in [0.05, 0.1) is 12.2 Å². The van der Waals surface area contributed by atoms with E-state index in [0.29, 0.717) is 6.54 Å². The average Bonchev–Trinajstić information content (AvgIpc) is 2.73. The highest BCUT2D eigenvalue weighted by Gasteiger charge is 2.19. The van der Waals surface area contributed by atoms with E-state index in [-0.39, 0.29) is 0 Å². The molecule has 17 heavy (non-hydrogen) atoms. The van der Waals surface area contributed by atoms with Crippen molar-refractivity contribution in [1.82, 2.24) is 5.32 Å². The molecule has 1 aromatic carbocycles. The zero-order chi connectivity index (χ0) is 12.3. The van der Waals surface area contributed by atoms with Crippen LogP contribution in [0.3, 0.4) is 0 Å². The van der Waals surface area contributed by atoms with Crippen LogP contribution in [0.5, 0.6) is 5.75 Å². The lowest BCUT2D eigenvalue weighted by Crippen LogP contribution is -2.36. The van der Waals surface area contributed by atoms with Gasteiger partial charge in [0.15, 0.2) is 0 Å². The molecule has 1 aliphatic rings. The van der Waals surface area contributed by atoms with Gasteiger partial charge in [0, 0.05) is 13.0 Å².